The smallest absolute Gasteiger partial charge is 0.263 e. The van der Waals surface area contributed by atoms with Gasteiger partial charge in [-0.3, -0.25) is 14.2 Å². The number of nitrogens with one attached hydrogen (secondary N) is 1. The molecule has 0 aliphatic carbocycles. The fourth-order valence-electron chi connectivity index (χ4n) is 2.64. The number of amides is 1. The number of fused-ring (bicyclic) bond motifs is 1. The first-order valence-electron chi connectivity index (χ1n) is 8.18. The van der Waals surface area contributed by atoms with E-state index in [2.05, 4.69) is 25.5 Å². The average Bonchev–Trinajstić information content (AvgIpc) is 3.26. The zero-order valence-corrected chi connectivity index (χ0v) is 14.9. The highest BCUT2D eigenvalue weighted by atomic mass is 32.1. The summed E-state index contributed by atoms with van der Waals surface area (Å²) in [6.07, 6.45) is 4.23. The fourth-order valence-corrected chi connectivity index (χ4v) is 3.59. The zero-order valence-electron chi connectivity index (χ0n) is 14.1. The number of pyridine rings is 2. The summed E-state index contributed by atoms with van der Waals surface area (Å²) in [6, 6.07) is 11.4. The van der Waals surface area contributed by atoms with Gasteiger partial charge >= 0.3 is 0 Å². The summed E-state index contributed by atoms with van der Waals surface area (Å²) in [5.41, 5.74) is 2.28. The largest absolute Gasteiger partial charge is 0.351 e. The molecule has 4 aromatic rings. The lowest BCUT2D eigenvalue weighted by atomic mass is 10.3. The Kier molecular flexibility index (Phi) is 4.40. The normalized spacial score (nSPS) is 11.0. The van der Waals surface area contributed by atoms with E-state index in [0.29, 0.717) is 23.5 Å². The number of nitrogens with zero attached hydrogens (tertiary/aromatic N) is 5. The molecule has 0 aliphatic rings. The Bertz CT molecular complexity index is 1060. The van der Waals surface area contributed by atoms with Gasteiger partial charge in [0.25, 0.3) is 5.91 Å². The SMILES string of the molecule is Cc1nc(-c2ccccn2)sc1C(=O)NCCc1nnc2ccccn12. The van der Waals surface area contributed by atoms with E-state index in [-0.39, 0.29) is 5.91 Å². The summed E-state index contributed by atoms with van der Waals surface area (Å²) in [5.74, 6) is 0.687. The minimum atomic E-state index is -0.129. The van der Waals surface area contributed by atoms with Gasteiger partial charge in [-0.1, -0.05) is 12.1 Å². The van der Waals surface area contributed by atoms with Crippen LogP contribution in [0.15, 0.2) is 48.8 Å². The van der Waals surface area contributed by atoms with Crippen molar-refractivity contribution in [3.8, 4) is 10.7 Å². The third-order valence-corrected chi connectivity index (χ3v) is 5.08. The highest BCUT2D eigenvalue weighted by Gasteiger charge is 2.16. The van der Waals surface area contributed by atoms with Crippen LogP contribution in [0, 0.1) is 6.92 Å². The van der Waals surface area contributed by atoms with E-state index in [9.17, 15) is 4.79 Å². The molecule has 0 aromatic carbocycles. The molecule has 130 valence electrons. The van der Waals surface area contributed by atoms with E-state index in [4.69, 9.17) is 0 Å². The number of aryl methyl sites for hydroxylation is 1. The summed E-state index contributed by atoms with van der Waals surface area (Å²) in [5, 5.41) is 12.0. The molecule has 8 heteroatoms. The summed E-state index contributed by atoms with van der Waals surface area (Å²) in [7, 11) is 0. The van der Waals surface area contributed by atoms with Crippen molar-refractivity contribution in [3.05, 3.63) is 65.2 Å². The Morgan fingerprint density at radius 1 is 1.19 bits per heavy atom. The van der Waals surface area contributed by atoms with Crippen LogP contribution < -0.4 is 5.32 Å². The van der Waals surface area contributed by atoms with Gasteiger partial charge in [-0.2, -0.15) is 0 Å². The number of hydrogen-bond donors (Lipinski definition) is 1. The summed E-state index contributed by atoms with van der Waals surface area (Å²) < 4.78 is 1.92. The maximum absolute atomic E-state index is 12.5. The first-order chi connectivity index (χ1) is 12.7. The van der Waals surface area contributed by atoms with Crippen molar-refractivity contribution < 1.29 is 4.79 Å². The Labute approximate surface area is 153 Å². The average molecular weight is 364 g/mol. The summed E-state index contributed by atoms with van der Waals surface area (Å²) in [4.78, 5) is 21.9. The molecule has 26 heavy (non-hydrogen) atoms. The van der Waals surface area contributed by atoms with E-state index < -0.39 is 0 Å². The Morgan fingerprint density at radius 3 is 2.92 bits per heavy atom. The molecule has 0 saturated carbocycles. The van der Waals surface area contributed by atoms with Gasteiger partial charge in [-0.05, 0) is 31.2 Å². The van der Waals surface area contributed by atoms with E-state index >= 15 is 0 Å². The van der Waals surface area contributed by atoms with Crippen LogP contribution in [-0.2, 0) is 6.42 Å². The van der Waals surface area contributed by atoms with Crippen molar-refractivity contribution >= 4 is 22.9 Å². The molecule has 1 N–H and O–H groups in total. The molecular formula is C18H16N6OS. The van der Waals surface area contributed by atoms with Gasteiger partial charge in [0.15, 0.2) is 5.65 Å². The van der Waals surface area contributed by atoms with Gasteiger partial charge in [0.1, 0.15) is 15.7 Å². The highest BCUT2D eigenvalue weighted by Crippen LogP contribution is 2.26. The van der Waals surface area contributed by atoms with Crippen molar-refractivity contribution in [2.45, 2.75) is 13.3 Å². The molecule has 0 radical (unpaired) electrons. The van der Waals surface area contributed by atoms with Crippen LogP contribution in [0.25, 0.3) is 16.3 Å². The van der Waals surface area contributed by atoms with E-state index in [1.165, 1.54) is 11.3 Å². The number of carbonyl (C=O) groups is 1. The minimum Gasteiger partial charge on any atom is -0.351 e. The molecule has 0 atom stereocenters. The molecule has 1 amide bonds. The second kappa shape index (κ2) is 7.01. The molecule has 0 spiro atoms. The third kappa shape index (κ3) is 3.18. The second-order valence-electron chi connectivity index (χ2n) is 5.70. The van der Waals surface area contributed by atoms with Crippen LogP contribution in [0.1, 0.15) is 21.2 Å². The van der Waals surface area contributed by atoms with Crippen LogP contribution in [-0.4, -0.2) is 37.0 Å². The minimum absolute atomic E-state index is 0.129. The van der Waals surface area contributed by atoms with Gasteiger partial charge in [-0.15, -0.1) is 21.5 Å². The van der Waals surface area contributed by atoms with Crippen LogP contribution in [0.4, 0.5) is 0 Å². The quantitative estimate of drug-likeness (QED) is 0.588. The lowest BCUT2D eigenvalue weighted by Crippen LogP contribution is -2.26. The molecule has 4 rings (SSSR count). The third-order valence-electron chi connectivity index (χ3n) is 3.91. The molecule has 4 heterocycles. The molecule has 0 unspecified atom stereocenters. The standard InChI is InChI=1S/C18H16N6OS/c1-12-16(26-18(21-12)13-6-2-4-9-19-13)17(25)20-10-8-15-23-22-14-7-3-5-11-24(14)15/h2-7,9,11H,8,10H2,1H3,(H,20,25). The van der Waals surface area contributed by atoms with Crippen molar-refractivity contribution in [2.75, 3.05) is 6.54 Å². The van der Waals surface area contributed by atoms with Crippen LogP contribution in [0.5, 0.6) is 0 Å². The number of thiazole rings is 1. The maximum atomic E-state index is 12.5. The first kappa shape index (κ1) is 16.3. The molecular weight excluding hydrogens is 348 g/mol. The predicted molar refractivity (Wildman–Crippen MR) is 99.1 cm³/mol. The van der Waals surface area contributed by atoms with E-state index in [1.807, 2.05) is 53.9 Å². The predicted octanol–water partition coefficient (Wildman–Crippen LogP) is 2.53. The topological polar surface area (TPSA) is 85.1 Å². The van der Waals surface area contributed by atoms with Gasteiger partial charge in [-0.25, -0.2) is 4.98 Å². The van der Waals surface area contributed by atoms with Gasteiger partial charge < -0.3 is 5.32 Å². The fraction of sp³-hybridized carbons (Fsp3) is 0.167. The van der Waals surface area contributed by atoms with Crippen molar-refractivity contribution in [3.63, 3.8) is 0 Å². The molecule has 0 aliphatic heterocycles. The molecule has 0 fully saturated rings. The van der Waals surface area contributed by atoms with Crippen LogP contribution in [0.2, 0.25) is 0 Å². The van der Waals surface area contributed by atoms with E-state index in [1.54, 1.807) is 6.20 Å². The van der Waals surface area contributed by atoms with E-state index in [0.717, 1.165) is 22.2 Å². The number of hydrogen-bond acceptors (Lipinski definition) is 6. The van der Waals surface area contributed by atoms with Crippen molar-refractivity contribution in [1.29, 1.82) is 0 Å². The maximum Gasteiger partial charge on any atom is 0.263 e. The van der Waals surface area contributed by atoms with Gasteiger partial charge in [0.2, 0.25) is 0 Å². The first-order valence-corrected chi connectivity index (χ1v) is 8.99. The number of aromatic nitrogens is 5. The molecule has 7 nitrogen and oxygen atoms in total. The van der Waals surface area contributed by atoms with Crippen LogP contribution >= 0.6 is 11.3 Å². The highest BCUT2D eigenvalue weighted by molar-refractivity contribution is 7.17. The second-order valence-corrected chi connectivity index (χ2v) is 6.70. The lowest BCUT2D eigenvalue weighted by Gasteiger charge is -2.03. The Balaban J connectivity index is 1.43. The molecule has 4 aromatic heterocycles. The summed E-state index contributed by atoms with van der Waals surface area (Å²) in [6.45, 7) is 2.31. The van der Waals surface area contributed by atoms with Gasteiger partial charge in [0, 0.05) is 25.4 Å². The Hall–Kier alpha value is -3.13. The van der Waals surface area contributed by atoms with Crippen molar-refractivity contribution in [2.24, 2.45) is 0 Å². The zero-order chi connectivity index (χ0) is 17.9. The summed E-state index contributed by atoms with van der Waals surface area (Å²) >= 11 is 1.35. The van der Waals surface area contributed by atoms with Gasteiger partial charge in [0.05, 0.1) is 11.4 Å². The molecule has 0 saturated heterocycles. The lowest BCUT2D eigenvalue weighted by molar-refractivity contribution is 0.0957. The monoisotopic (exact) mass is 364 g/mol. The number of carbonyl (C=O) groups excluding carboxylic acids is 1. The Morgan fingerprint density at radius 2 is 2.08 bits per heavy atom. The van der Waals surface area contributed by atoms with Crippen molar-refractivity contribution in [1.82, 2.24) is 29.9 Å². The molecule has 0 bridgehead atoms. The number of rotatable bonds is 5. The van der Waals surface area contributed by atoms with Crippen LogP contribution in [0.3, 0.4) is 0 Å².